The van der Waals surface area contributed by atoms with Crippen molar-refractivity contribution in [2.75, 3.05) is 5.73 Å². The van der Waals surface area contributed by atoms with Gasteiger partial charge in [-0.3, -0.25) is 4.98 Å². The number of hydrogen-bond donors (Lipinski definition) is 2. The number of hydrogen-bond acceptors (Lipinski definition) is 3. The fraction of sp³-hybridized carbons (Fsp3) is 0.0833. The van der Waals surface area contributed by atoms with E-state index in [-0.39, 0.29) is 11.3 Å². The summed E-state index contributed by atoms with van der Waals surface area (Å²) in [6.07, 6.45) is 1.13. The van der Waals surface area contributed by atoms with Crippen LogP contribution in [0.3, 0.4) is 0 Å². The zero-order chi connectivity index (χ0) is 13.3. The van der Waals surface area contributed by atoms with Gasteiger partial charge >= 0.3 is 0 Å². The highest BCUT2D eigenvalue weighted by Gasteiger charge is 2.21. The Hall–Kier alpha value is -2.08. The van der Waals surface area contributed by atoms with Gasteiger partial charge in [0.15, 0.2) is 17.5 Å². The molecule has 2 rings (SSSR count). The van der Waals surface area contributed by atoms with Crippen LogP contribution in [-0.4, -0.2) is 10.1 Å². The molecule has 0 spiro atoms. The Labute approximate surface area is 101 Å². The lowest BCUT2D eigenvalue weighted by Crippen LogP contribution is -2.08. The van der Waals surface area contributed by atoms with Crippen LogP contribution in [-0.2, 0) is 0 Å². The molecule has 0 bridgehead atoms. The van der Waals surface area contributed by atoms with Crippen molar-refractivity contribution in [2.45, 2.75) is 6.10 Å². The summed E-state index contributed by atoms with van der Waals surface area (Å²) in [5.74, 6) is -4.39. The Morgan fingerprint density at radius 1 is 1.06 bits per heavy atom. The molecule has 0 saturated carbocycles. The van der Waals surface area contributed by atoms with Gasteiger partial charge < -0.3 is 10.8 Å². The van der Waals surface area contributed by atoms with Gasteiger partial charge in [-0.25, -0.2) is 13.2 Å². The van der Waals surface area contributed by atoms with Crippen LogP contribution in [0.2, 0.25) is 0 Å². The van der Waals surface area contributed by atoms with Gasteiger partial charge in [-0.05, 0) is 12.1 Å². The molecule has 0 radical (unpaired) electrons. The van der Waals surface area contributed by atoms with Crippen molar-refractivity contribution < 1.29 is 18.3 Å². The molecule has 1 aromatic carbocycles. The van der Waals surface area contributed by atoms with Gasteiger partial charge in [-0.15, -0.1) is 0 Å². The number of pyridine rings is 1. The highest BCUT2D eigenvalue weighted by atomic mass is 19.2. The summed E-state index contributed by atoms with van der Waals surface area (Å²) in [4.78, 5) is 3.73. The fourth-order valence-electron chi connectivity index (χ4n) is 1.57. The van der Waals surface area contributed by atoms with Crippen LogP contribution in [0.4, 0.5) is 18.9 Å². The molecule has 2 aromatic rings. The number of halogens is 3. The molecule has 1 atom stereocenters. The lowest BCUT2D eigenvalue weighted by molar-refractivity contribution is 0.213. The number of aliphatic hydroxyl groups is 1. The highest BCUT2D eigenvalue weighted by molar-refractivity contribution is 5.48. The summed E-state index contributed by atoms with van der Waals surface area (Å²) in [5.41, 5.74) is 5.50. The summed E-state index contributed by atoms with van der Waals surface area (Å²) in [7, 11) is 0. The first-order valence-electron chi connectivity index (χ1n) is 5.03. The molecule has 1 aromatic heterocycles. The third kappa shape index (κ3) is 2.02. The molecule has 0 amide bonds. The number of nitrogens with two attached hydrogens (primary N) is 1. The first kappa shape index (κ1) is 12.4. The maximum Gasteiger partial charge on any atom is 0.194 e. The minimum absolute atomic E-state index is 0.127. The van der Waals surface area contributed by atoms with E-state index in [1.165, 1.54) is 18.5 Å². The molecule has 0 fully saturated rings. The fourth-order valence-corrected chi connectivity index (χ4v) is 1.57. The Bertz CT molecular complexity index is 590. The van der Waals surface area contributed by atoms with E-state index in [0.717, 1.165) is 12.1 Å². The topological polar surface area (TPSA) is 59.1 Å². The zero-order valence-electron chi connectivity index (χ0n) is 9.07. The third-order valence-electron chi connectivity index (χ3n) is 2.54. The molecular weight excluding hydrogens is 245 g/mol. The predicted molar refractivity (Wildman–Crippen MR) is 59.0 cm³/mol. The van der Waals surface area contributed by atoms with Gasteiger partial charge in [0, 0.05) is 29.2 Å². The van der Waals surface area contributed by atoms with Crippen LogP contribution in [0.15, 0.2) is 30.6 Å². The molecule has 1 unspecified atom stereocenters. The minimum atomic E-state index is -1.63. The maximum absolute atomic E-state index is 13.5. The van der Waals surface area contributed by atoms with E-state index in [1.807, 2.05) is 0 Å². The molecule has 0 aliphatic heterocycles. The average Bonchev–Trinajstić information content (AvgIpc) is 2.36. The number of nitrogen functional groups attached to an aromatic ring is 1. The van der Waals surface area contributed by atoms with Gasteiger partial charge in [0.05, 0.1) is 0 Å². The van der Waals surface area contributed by atoms with E-state index in [2.05, 4.69) is 4.98 Å². The first-order valence-corrected chi connectivity index (χ1v) is 5.03. The number of nitrogens with zero attached hydrogens (tertiary/aromatic N) is 1. The van der Waals surface area contributed by atoms with Crippen LogP contribution >= 0.6 is 0 Å². The van der Waals surface area contributed by atoms with Crippen LogP contribution in [0.1, 0.15) is 17.2 Å². The van der Waals surface area contributed by atoms with Gasteiger partial charge in [0.2, 0.25) is 0 Å². The van der Waals surface area contributed by atoms with Crippen molar-refractivity contribution in [3.63, 3.8) is 0 Å². The molecule has 0 aliphatic carbocycles. The average molecular weight is 254 g/mol. The number of benzene rings is 1. The van der Waals surface area contributed by atoms with E-state index >= 15 is 0 Å². The van der Waals surface area contributed by atoms with Crippen LogP contribution in [0, 0.1) is 17.5 Å². The molecule has 1 heterocycles. The van der Waals surface area contributed by atoms with E-state index in [9.17, 15) is 18.3 Å². The molecule has 18 heavy (non-hydrogen) atoms. The molecule has 3 nitrogen and oxygen atoms in total. The van der Waals surface area contributed by atoms with Gasteiger partial charge in [-0.2, -0.15) is 0 Å². The van der Waals surface area contributed by atoms with Gasteiger partial charge in [0.25, 0.3) is 0 Å². The van der Waals surface area contributed by atoms with Crippen molar-refractivity contribution >= 4 is 5.69 Å². The monoisotopic (exact) mass is 254 g/mol. The highest BCUT2D eigenvalue weighted by Crippen LogP contribution is 2.29. The van der Waals surface area contributed by atoms with Crippen LogP contribution in [0.5, 0.6) is 0 Å². The van der Waals surface area contributed by atoms with Gasteiger partial charge in [-0.1, -0.05) is 6.07 Å². The third-order valence-corrected chi connectivity index (χ3v) is 2.54. The quantitative estimate of drug-likeness (QED) is 0.807. The summed E-state index contributed by atoms with van der Waals surface area (Å²) < 4.78 is 39.3. The Balaban J connectivity index is 2.50. The molecule has 94 valence electrons. The molecule has 0 aliphatic rings. The normalized spacial score (nSPS) is 12.4. The maximum atomic E-state index is 13.5. The SMILES string of the molecule is Nc1ccncc1C(O)c1ccc(F)c(F)c1F. The Morgan fingerprint density at radius 3 is 2.44 bits per heavy atom. The smallest absolute Gasteiger partial charge is 0.194 e. The summed E-state index contributed by atoms with van der Waals surface area (Å²) in [5, 5.41) is 9.92. The van der Waals surface area contributed by atoms with Crippen LogP contribution < -0.4 is 5.73 Å². The lowest BCUT2D eigenvalue weighted by Gasteiger charge is -2.14. The lowest BCUT2D eigenvalue weighted by atomic mass is 10.0. The number of aliphatic hydroxyl groups excluding tert-OH is 1. The van der Waals surface area contributed by atoms with E-state index in [1.54, 1.807) is 0 Å². The number of anilines is 1. The second kappa shape index (κ2) is 4.66. The van der Waals surface area contributed by atoms with E-state index in [0.29, 0.717) is 0 Å². The number of rotatable bonds is 2. The first-order chi connectivity index (χ1) is 8.52. The van der Waals surface area contributed by atoms with E-state index < -0.39 is 29.1 Å². The van der Waals surface area contributed by atoms with E-state index in [4.69, 9.17) is 5.73 Å². The predicted octanol–water partition coefficient (Wildman–Crippen LogP) is 2.16. The Morgan fingerprint density at radius 2 is 1.78 bits per heavy atom. The second-order valence-corrected chi connectivity index (χ2v) is 3.67. The van der Waals surface area contributed by atoms with Gasteiger partial charge in [0.1, 0.15) is 6.10 Å². The standard InChI is InChI=1S/C12H9F3N2O/c13-8-2-1-6(10(14)11(8)15)12(18)7-5-17-4-3-9(7)16/h1-5,12,18H,(H2,16,17). The molecule has 6 heteroatoms. The molecule has 3 N–H and O–H groups in total. The summed E-state index contributed by atoms with van der Waals surface area (Å²) in [6, 6.07) is 3.12. The van der Waals surface area contributed by atoms with Crippen molar-refractivity contribution in [1.82, 2.24) is 4.98 Å². The second-order valence-electron chi connectivity index (χ2n) is 3.67. The molecule has 0 saturated heterocycles. The zero-order valence-corrected chi connectivity index (χ0v) is 9.07. The number of aromatic nitrogens is 1. The Kier molecular flexibility index (Phi) is 3.20. The van der Waals surface area contributed by atoms with Crippen LogP contribution in [0.25, 0.3) is 0 Å². The summed E-state index contributed by atoms with van der Waals surface area (Å²) in [6.45, 7) is 0. The van der Waals surface area contributed by atoms with Crippen molar-refractivity contribution in [3.05, 3.63) is 59.2 Å². The van der Waals surface area contributed by atoms with Crippen molar-refractivity contribution in [2.24, 2.45) is 0 Å². The summed E-state index contributed by atoms with van der Waals surface area (Å²) >= 11 is 0. The van der Waals surface area contributed by atoms with Crippen molar-refractivity contribution in [3.8, 4) is 0 Å². The largest absolute Gasteiger partial charge is 0.398 e. The van der Waals surface area contributed by atoms with Crippen molar-refractivity contribution in [1.29, 1.82) is 0 Å². The molecular formula is C12H9F3N2O. The minimum Gasteiger partial charge on any atom is -0.398 e.